The van der Waals surface area contributed by atoms with E-state index in [9.17, 15) is 23.1 Å². The zero-order valence-corrected chi connectivity index (χ0v) is 11.5. The molecule has 0 aromatic carbocycles. The molecule has 0 aliphatic heterocycles. The molecule has 0 saturated heterocycles. The number of aromatic nitrogens is 2. The average Bonchev–Trinajstić information content (AvgIpc) is 2.71. The Morgan fingerprint density at radius 1 is 1.50 bits per heavy atom. The minimum atomic E-state index is -5.00. The van der Waals surface area contributed by atoms with Gasteiger partial charge >= 0.3 is 6.18 Å². The van der Waals surface area contributed by atoms with Gasteiger partial charge in [0.15, 0.2) is 5.82 Å². The molecule has 1 rings (SSSR count). The standard InChI is InChI=1S/C12H18F3N3O2/c1-8(2)7-17-9(19)6-11(20,12(13,14)15)10-16-4-5-18(10)3/h4-5,8,20H,6-7H2,1-3H3,(H,17,19)/t11-/m0/s1. The van der Waals surface area contributed by atoms with Crippen molar-refractivity contribution in [2.75, 3.05) is 6.54 Å². The molecule has 0 unspecified atom stereocenters. The van der Waals surface area contributed by atoms with Crippen LogP contribution in [0.2, 0.25) is 0 Å². The van der Waals surface area contributed by atoms with E-state index in [-0.39, 0.29) is 12.5 Å². The SMILES string of the molecule is CC(C)CNC(=O)C[C@](O)(c1nccn1C)C(F)(F)F. The molecule has 1 amide bonds. The molecule has 8 heteroatoms. The lowest BCUT2D eigenvalue weighted by Crippen LogP contribution is -2.48. The Bertz CT molecular complexity index is 471. The summed E-state index contributed by atoms with van der Waals surface area (Å²) in [5.74, 6) is -1.38. The van der Waals surface area contributed by atoms with Gasteiger partial charge in [-0.3, -0.25) is 4.79 Å². The van der Waals surface area contributed by atoms with Crippen LogP contribution in [0.4, 0.5) is 13.2 Å². The normalized spacial score (nSPS) is 15.2. The van der Waals surface area contributed by atoms with Crippen molar-refractivity contribution in [3.63, 3.8) is 0 Å². The minimum absolute atomic E-state index is 0.103. The van der Waals surface area contributed by atoms with E-state index in [1.54, 1.807) is 0 Å². The van der Waals surface area contributed by atoms with E-state index in [1.165, 1.54) is 13.2 Å². The van der Waals surface area contributed by atoms with E-state index in [4.69, 9.17) is 0 Å². The summed E-state index contributed by atoms with van der Waals surface area (Å²) in [7, 11) is 1.32. The lowest BCUT2D eigenvalue weighted by atomic mass is 9.97. The van der Waals surface area contributed by atoms with Gasteiger partial charge in [0.1, 0.15) is 0 Å². The monoisotopic (exact) mass is 293 g/mol. The zero-order valence-electron chi connectivity index (χ0n) is 11.5. The van der Waals surface area contributed by atoms with Crippen molar-refractivity contribution in [2.24, 2.45) is 13.0 Å². The molecule has 1 heterocycles. The lowest BCUT2D eigenvalue weighted by Gasteiger charge is -2.29. The van der Waals surface area contributed by atoms with Gasteiger partial charge in [0, 0.05) is 26.0 Å². The number of hydrogen-bond donors (Lipinski definition) is 2. The summed E-state index contributed by atoms with van der Waals surface area (Å²) >= 11 is 0. The summed E-state index contributed by atoms with van der Waals surface area (Å²) < 4.78 is 40.4. The molecular formula is C12H18F3N3O2. The highest BCUT2D eigenvalue weighted by molar-refractivity contribution is 5.77. The molecule has 0 radical (unpaired) electrons. The molecule has 0 spiro atoms. The second-order valence-corrected chi connectivity index (χ2v) is 5.09. The molecule has 20 heavy (non-hydrogen) atoms. The Morgan fingerprint density at radius 2 is 2.10 bits per heavy atom. The first-order valence-electron chi connectivity index (χ1n) is 6.11. The third-order valence-corrected chi connectivity index (χ3v) is 2.78. The van der Waals surface area contributed by atoms with Gasteiger partial charge in [-0.15, -0.1) is 0 Å². The number of imidazole rings is 1. The van der Waals surface area contributed by atoms with Crippen LogP contribution >= 0.6 is 0 Å². The fourth-order valence-corrected chi connectivity index (χ4v) is 1.68. The number of aryl methyl sites for hydroxylation is 1. The van der Waals surface area contributed by atoms with Crippen molar-refractivity contribution >= 4 is 5.91 Å². The van der Waals surface area contributed by atoms with Crippen LogP contribution < -0.4 is 5.32 Å². The topological polar surface area (TPSA) is 67.2 Å². The minimum Gasteiger partial charge on any atom is -0.374 e. The largest absolute Gasteiger partial charge is 0.425 e. The molecule has 0 bridgehead atoms. The Kier molecular flexibility index (Phi) is 4.80. The van der Waals surface area contributed by atoms with Crippen LogP contribution in [-0.4, -0.2) is 33.3 Å². The number of hydrogen-bond acceptors (Lipinski definition) is 3. The highest BCUT2D eigenvalue weighted by Crippen LogP contribution is 2.40. The fourth-order valence-electron chi connectivity index (χ4n) is 1.68. The first-order valence-corrected chi connectivity index (χ1v) is 6.11. The van der Waals surface area contributed by atoms with Crippen LogP contribution in [0.1, 0.15) is 26.1 Å². The number of carbonyl (C=O) groups is 1. The summed E-state index contributed by atoms with van der Waals surface area (Å²) in [6.07, 6.45) is -3.70. The summed E-state index contributed by atoms with van der Waals surface area (Å²) in [5.41, 5.74) is -3.30. The van der Waals surface area contributed by atoms with Crippen molar-refractivity contribution in [1.82, 2.24) is 14.9 Å². The van der Waals surface area contributed by atoms with Gasteiger partial charge in [0.25, 0.3) is 0 Å². The van der Waals surface area contributed by atoms with Gasteiger partial charge in [0.2, 0.25) is 11.5 Å². The maximum atomic E-state index is 13.1. The zero-order chi connectivity index (χ0) is 15.6. The average molecular weight is 293 g/mol. The molecule has 0 fully saturated rings. The highest BCUT2D eigenvalue weighted by Gasteiger charge is 2.58. The predicted octanol–water partition coefficient (Wildman–Crippen LogP) is 1.33. The number of alkyl halides is 3. The van der Waals surface area contributed by atoms with E-state index >= 15 is 0 Å². The molecule has 5 nitrogen and oxygen atoms in total. The summed E-state index contributed by atoms with van der Waals surface area (Å²) in [4.78, 5) is 15.1. The molecule has 0 aliphatic rings. The van der Waals surface area contributed by atoms with Crippen molar-refractivity contribution in [3.05, 3.63) is 18.2 Å². The first-order chi connectivity index (χ1) is 9.08. The number of nitrogens with zero attached hydrogens (tertiary/aromatic N) is 2. The van der Waals surface area contributed by atoms with Gasteiger partial charge in [-0.05, 0) is 5.92 Å². The van der Waals surface area contributed by atoms with Crippen LogP contribution in [0.5, 0.6) is 0 Å². The van der Waals surface area contributed by atoms with E-state index < -0.39 is 29.9 Å². The molecule has 1 aromatic heterocycles. The summed E-state index contributed by atoms with van der Waals surface area (Å²) in [6.45, 7) is 3.87. The van der Waals surface area contributed by atoms with Gasteiger partial charge in [-0.2, -0.15) is 13.2 Å². The molecule has 0 saturated carbocycles. The van der Waals surface area contributed by atoms with Gasteiger partial charge < -0.3 is 15.0 Å². The van der Waals surface area contributed by atoms with Crippen LogP contribution in [-0.2, 0) is 17.4 Å². The Hall–Kier alpha value is -1.57. The van der Waals surface area contributed by atoms with Crippen molar-refractivity contribution in [1.29, 1.82) is 0 Å². The number of carbonyl (C=O) groups excluding carboxylic acids is 1. The quantitative estimate of drug-likeness (QED) is 0.860. The van der Waals surface area contributed by atoms with Crippen LogP contribution in [0.25, 0.3) is 0 Å². The Labute approximate surface area is 114 Å². The fraction of sp³-hybridized carbons (Fsp3) is 0.667. The van der Waals surface area contributed by atoms with E-state index in [2.05, 4.69) is 10.3 Å². The van der Waals surface area contributed by atoms with E-state index in [0.717, 1.165) is 10.8 Å². The highest BCUT2D eigenvalue weighted by atomic mass is 19.4. The number of rotatable bonds is 5. The number of nitrogens with one attached hydrogen (secondary N) is 1. The molecule has 114 valence electrons. The summed E-state index contributed by atoms with van der Waals surface area (Å²) in [6, 6.07) is 0. The van der Waals surface area contributed by atoms with E-state index in [0.29, 0.717) is 0 Å². The van der Waals surface area contributed by atoms with E-state index in [1.807, 2.05) is 13.8 Å². The maximum absolute atomic E-state index is 13.1. The predicted molar refractivity (Wildman–Crippen MR) is 65.6 cm³/mol. The van der Waals surface area contributed by atoms with Crippen LogP contribution in [0.3, 0.4) is 0 Å². The Morgan fingerprint density at radius 3 is 2.50 bits per heavy atom. The van der Waals surface area contributed by atoms with Crippen molar-refractivity contribution in [3.8, 4) is 0 Å². The number of amides is 1. The maximum Gasteiger partial charge on any atom is 0.425 e. The Balaban J connectivity index is 2.98. The second kappa shape index (κ2) is 5.82. The third kappa shape index (κ3) is 3.50. The lowest BCUT2D eigenvalue weighted by molar-refractivity contribution is -0.271. The van der Waals surface area contributed by atoms with Crippen LogP contribution in [0, 0.1) is 5.92 Å². The smallest absolute Gasteiger partial charge is 0.374 e. The number of halogens is 3. The molecule has 2 N–H and O–H groups in total. The molecule has 1 atom stereocenters. The van der Waals surface area contributed by atoms with Gasteiger partial charge in [-0.1, -0.05) is 13.8 Å². The molecule has 1 aromatic rings. The molecule has 0 aliphatic carbocycles. The van der Waals surface area contributed by atoms with Gasteiger partial charge in [0.05, 0.1) is 6.42 Å². The second-order valence-electron chi connectivity index (χ2n) is 5.09. The first kappa shape index (κ1) is 16.5. The number of aliphatic hydroxyl groups is 1. The van der Waals surface area contributed by atoms with Gasteiger partial charge in [-0.25, -0.2) is 4.98 Å². The van der Waals surface area contributed by atoms with Crippen molar-refractivity contribution < 1.29 is 23.1 Å². The third-order valence-electron chi connectivity index (χ3n) is 2.78. The molecular weight excluding hydrogens is 275 g/mol. The summed E-state index contributed by atoms with van der Waals surface area (Å²) in [5, 5.41) is 12.3. The van der Waals surface area contributed by atoms with Crippen LogP contribution in [0.15, 0.2) is 12.4 Å². The van der Waals surface area contributed by atoms with Crippen molar-refractivity contribution in [2.45, 2.75) is 32.0 Å².